The number of rotatable bonds is 3. The van der Waals surface area contributed by atoms with Crippen LogP contribution in [0.25, 0.3) is 0 Å². The van der Waals surface area contributed by atoms with Crippen molar-refractivity contribution in [3.63, 3.8) is 0 Å². The van der Waals surface area contributed by atoms with Crippen LogP contribution >= 0.6 is 0 Å². The molecule has 0 atom stereocenters. The highest BCUT2D eigenvalue weighted by molar-refractivity contribution is 6.22. The molecule has 0 saturated heterocycles. The number of hydrazine groups is 1. The Hall–Kier alpha value is -3.15. The molecule has 0 fully saturated rings. The molecule has 3 rings (SSSR count). The third kappa shape index (κ3) is 2.42. The standard InChI is InChI=1S/C18H17N3O3/c1-19(2)13-10-8-12(9-11-13)16(22)20(3)21-17(23)14-6-4-5-7-15(14)18(21)24/h4-11H,1-3H3. The normalized spacial score (nSPS) is 13.0. The van der Waals surface area contributed by atoms with Gasteiger partial charge in [0.1, 0.15) is 0 Å². The summed E-state index contributed by atoms with van der Waals surface area (Å²) in [5.41, 5.74) is 1.98. The molecule has 6 nitrogen and oxygen atoms in total. The second kappa shape index (κ2) is 5.81. The molecule has 0 spiro atoms. The number of fused-ring (bicyclic) bond motifs is 1. The van der Waals surface area contributed by atoms with Gasteiger partial charge in [0.25, 0.3) is 17.7 Å². The predicted octanol–water partition coefficient (Wildman–Crippen LogP) is 2.04. The molecule has 0 aliphatic carbocycles. The molecule has 1 heterocycles. The van der Waals surface area contributed by atoms with Crippen molar-refractivity contribution in [1.82, 2.24) is 10.0 Å². The second-order valence-corrected chi connectivity index (χ2v) is 5.74. The molecule has 1 aliphatic rings. The number of hydrogen-bond donors (Lipinski definition) is 0. The molecule has 6 heteroatoms. The number of nitrogens with zero attached hydrogens (tertiary/aromatic N) is 3. The third-order valence-electron chi connectivity index (χ3n) is 4.00. The molecule has 24 heavy (non-hydrogen) atoms. The zero-order valence-corrected chi connectivity index (χ0v) is 13.7. The Kier molecular flexibility index (Phi) is 3.81. The highest BCUT2D eigenvalue weighted by Crippen LogP contribution is 2.24. The first-order valence-electron chi connectivity index (χ1n) is 7.45. The summed E-state index contributed by atoms with van der Waals surface area (Å²) in [6, 6.07) is 13.5. The first kappa shape index (κ1) is 15.7. The molecular formula is C18H17N3O3. The minimum absolute atomic E-state index is 0.310. The van der Waals surface area contributed by atoms with Crippen molar-refractivity contribution in [3.8, 4) is 0 Å². The minimum atomic E-state index is -0.489. The third-order valence-corrected chi connectivity index (χ3v) is 4.00. The van der Waals surface area contributed by atoms with Gasteiger partial charge in [0, 0.05) is 32.4 Å². The van der Waals surface area contributed by atoms with Crippen LogP contribution in [0.15, 0.2) is 48.5 Å². The van der Waals surface area contributed by atoms with Crippen LogP contribution < -0.4 is 4.90 Å². The van der Waals surface area contributed by atoms with Crippen molar-refractivity contribution in [3.05, 3.63) is 65.2 Å². The van der Waals surface area contributed by atoms with Gasteiger partial charge in [0.15, 0.2) is 0 Å². The van der Waals surface area contributed by atoms with Gasteiger partial charge in [-0.25, -0.2) is 5.01 Å². The van der Waals surface area contributed by atoms with Crippen LogP contribution in [-0.4, -0.2) is 48.9 Å². The van der Waals surface area contributed by atoms with E-state index in [2.05, 4.69) is 0 Å². The molecule has 0 aromatic heterocycles. The van der Waals surface area contributed by atoms with Gasteiger partial charge in [0.2, 0.25) is 0 Å². The maximum Gasteiger partial charge on any atom is 0.280 e. The van der Waals surface area contributed by atoms with Crippen LogP contribution in [-0.2, 0) is 0 Å². The fourth-order valence-electron chi connectivity index (χ4n) is 2.63. The smallest absolute Gasteiger partial charge is 0.280 e. The SMILES string of the molecule is CN(C)c1ccc(C(=O)N(C)N2C(=O)c3ccccc3C2=O)cc1. The van der Waals surface area contributed by atoms with Gasteiger partial charge < -0.3 is 4.90 Å². The average molecular weight is 323 g/mol. The number of carbonyl (C=O) groups is 3. The second-order valence-electron chi connectivity index (χ2n) is 5.74. The maximum absolute atomic E-state index is 12.6. The fraction of sp³-hybridized carbons (Fsp3) is 0.167. The van der Waals surface area contributed by atoms with E-state index in [0.717, 1.165) is 15.7 Å². The molecule has 122 valence electrons. The summed E-state index contributed by atoms with van der Waals surface area (Å²) in [7, 11) is 5.23. The Labute approximate surface area is 139 Å². The summed E-state index contributed by atoms with van der Waals surface area (Å²) in [5, 5.41) is 1.95. The molecule has 3 amide bonds. The lowest BCUT2D eigenvalue weighted by Crippen LogP contribution is -2.47. The van der Waals surface area contributed by atoms with Crippen LogP contribution in [0.4, 0.5) is 5.69 Å². The lowest BCUT2D eigenvalue weighted by molar-refractivity contribution is 0.0128. The van der Waals surface area contributed by atoms with Gasteiger partial charge in [0.05, 0.1) is 11.1 Å². The molecular weight excluding hydrogens is 306 g/mol. The van der Waals surface area contributed by atoms with E-state index >= 15 is 0 Å². The van der Waals surface area contributed by atoms with Crippen molar-refractivity contribution in [2.75, 3.05) is 26.0 Å². The minimum Gasteiger partial charge on any atom is -0.378 e. The first-order chi connectivity index (χ1) is 11.4. The van der Waals surface area contributed by atoms with Gasteiger partial charge in [-0.3, -0.25) is 14.4 Å². The van der Waals surface area contributed by atoms with E-state index in [9.17, 15) is 14.4 Å². The Bertz CT molecular complexity index is 793. The van der Waals surface area contributed by atoms with E-state index in [1.165, 1.54) is 7.05 Å². The highest BCUT2D eigenvalue weighted by atomic mass is 16.2. The zero-order valence-electron chi connectivity index (χ0n) is 13.7. The highest BCUT2D eigenvalue weighted by Gasteiger charge is 2.39. The lowest BCUT2D eigenvalue weighted by Gasteiger charge is -2.26. The van der Waals surface area contributed by atoms with E-state index in [0.29, 0.717) is 16.7 Å². The van der Waals surface area contributed by atoms with E-state index in [1.807, 2.05) is 31.1 Å². The maximum atomic E-state index is 12.6. The number of hydrogen-bond acceptors (Lipinski definition) is 4. The summed E-state index contributed by atoms with van der Waals surface area (Å²) in [5.74, 6) is -1.40. The van der Waals surface area contributed by atoms with Gasteiger partial charge >= 0.3 is 0 Å². The van der Waals surface area contributed by atoms with Crippen molar-refractivity contribution < 1.29 is 14.4 Å². The predicted molar refractivity (Wildman–Crippen MR) is 89.8 cm³/mol. The monoisotopic (exact) mass is 323 g/mol. The van der Waals surface area contributed by atoms with E-state index < -0.39 is 17.7 Å². The van der Waals surface area contributed by atoms with E-state index in [1.54, 1.807) is 36.4 Å². The molecule has 2 aromatic rings. The Morgan fingerprint density at radius 2 is 1.33 bits per heavy atom. The summed E-state index contributed by atoms with van der Waals surface area (Å²) in [6.45, 7) is 0. The van der Waals surface area contributed by atoms with Crippen LogP contribution in [0.2, 0.25) is 0 Å². The Morgan fingerprint density at radius 3 is 1.79 bits per heavy atom. The Balaban J connectivity index is 1.87. The summed E-state index contributed by atoms with van der Waals surface area (Å²) >= 11 is 0. The molecule has 0 N–H and O–H groups in total. The van der Waals surface area contributed by atoms with Gasteiger partial charge in [-0.05, 0) is 36.4 Å². The molecule has 0 unspecified atom stereocenters. The number of imide groups is 1. The topological polar surface area (TPSA) is 60.9 Å². The van der Waals surface area contributed by atoms with Crippen molar-refractivity contribution in [2.45, 2.75) is 0 Å². The number of amides is 3. The van der Waals surface area contributed by atoms with E-state index in [-0.39, 0.29) is 0 Å². The van der Waals surface area contributed by atoms with Crippen LogP contribution in [0.3, 0.4) is 0 Å². The molecule has 0 saturated carbocycles. The quantitative estimate of drug-likeness (QED) is 0.811. The van der Waals surface area contributed by atoms with Crippen molar-refractivity contribution >= 4 is 23.4 Å². The van der Waals surface area contributed by atoms with Crippen molar-refractivity contribution in [1.29, 1.82) is 0 Å². The Morgan fingerprint density at radius 1 is 0.833 bits per heavy atom. The lowest BCUT2D eigenvalue weighted by atomic mass is 10.1. The largest absolute Gasteiger partial charge is 0.378 e. The van der Waals surface area contributed by atoms with Crippen LogP contribution in [0, 0.1) is 0 Å². The van der Waals surface area contributed by atoms with Crippen LogP contribution in [0.5, 0.6) is 0 Å². The zero-order chi connectivity index (χ0) is 17.4. The number of carbonyl (C=O) groups excluding carboxylic acids is 3. The van der Waals surface area contributed by atoms with Gasteiger partial charge in [-0.1, -0.05) is 12.1 Å². The molecule has 0 bridgehead atoms. The van der Waals surface area contributed by atoms with Crippen molar-refractivity contribution in [2.24, 2.45) is 0 Å². The molecule has 2 aromatic carbocycles. The fourth-order valence-corrected chi connectivity index (χ4v) is 2.63. The van der Waals surface area contributed by atoms with Gasteiger partial charge in [-0.2, -0.15) is 5.01 Å². The number of anilines is 1. The summed E-state index contributed by atoms with van der Waals surface area (Å²) < 4.78 is 0. The summed E-state index contributed by atoms with van der Waals surface area (Å²) in [4.78, 5) is 39.4. The molecule has 1 aliphatic heterocycles. The van der Waals surface area contributed by atoms with E-state index in [4.69, 9.17) is 0 Å². The van der Waals surface area contributed by atoms with Gasteiger partial charge in [-0.15, -0.1) is 0 Å². The molecule has 0 radical (unpaired) electrons. The first-order valence-corrected chi connectivity index (χ1v) is 7.45. The average Bonchev–Trinajstić information content (AvgIpc) is 2.85. The summed E-state index contributed by atoms with van der Waals surface area (Å²) in [6.07, 6.45) is 0. The van der Waals surface area contributed by atoms with Crippen LogP contribution in [0.1, 0.15) is 31.1 Å². The number of benzene rings is 2.